The Bertz CT molecular complexity index is 336. The van der Waals surface area contributed by atoms with Gasteiger partial charge < -0.3 is 5.32 Å². The van der Waals surface area contributed by atoms with Gasteiger partial charge in [0.05, 0.1) is 11.9 Å². The monoisotopic (exact) mass is 238 g/mol. The molecule has 2 rings (SSSR count). The highest BCUT2D eigenvalue weighted by Gasteiger charge is 2.24. The Labute approximate surface area is 102 Å². The van der Waals surface area contributed by atoms with Gasteiger partial charge in [-0.25, -0.2) is 4.98 Å². The third kappa shape index (κ3) is 2.88. The minimum absolute atomic E-state index is 0.552. The Hall–Kier alpha value is -0.760. The van der Waals surface area contributed by atoms with Crippen molar-refractivity contribution in [3.05, 3.63) is 23.5 Å². The Balaban J connectivity index is 1.93. The maximum absolute atomic E-state index is 5.76. The minimum atomic E-state index is 0.552. The number of anilines is 1. The molecule has 1 saturated carbocycles. The summed E-state index contributed by atoms with van der Waals surface area (Å²) in [6, 6.07) is 4.42. The first kappa shape index (κ1) is 11.7. The molecule has 1 aromatic heterocycles. The zero-order valence-electron chi connectivity index (χ0n) is 9.91. The van der Waals surface area contributed by atoms with E-state index in [4.69, 9.17) is 11.6 Å². The minimum Gasteiger partial charge on any atom is -0.381 e. The fourth-order valence-electron chi connectivity index (χ4n) is 2.38. The molecule has 0 aliphatic heterocycles. The molecule has 1 heterocycles. The maximum atomic E-state index is 5.76. The lowest BCUT2D eigenvalue weighted by Gasteiger charge is -2.33. The predicted molar refractivity (Wildman–Crippen MR) is 68.8 cm³/mol. The van der Waals surface area contributed by atoms with Crippen LogP contribution in [0.5, 0.6) is 0 Å². The molecule has 0 saturated heterocycles. The molecule has 3 unspecified atom stereocenters. The first-order valence-electron chi connectivity index (χ1n) is 6.03. The van der Waals surface area contributed by atoms with Gasteiger partial charge in [0.15, 0.2) is 0 Å². The van der Waals surface area contributed by atoms with Crippen LogP contribution >= 0.6 is 11.6 Å². The number of rotatable bonds is 2. The molecule has 0 aromatic carbocycles. The van der Waals surface area contributed by atoms with Crippen molar-refractivity contribution in [3.63, 3.8) is 0 Å². The van der Waals surface area contributed by atoms with E-state index in [1.165, 1.54) is 19.3 Å². The van der Waals surface area contributed by atoms with Gasteiger partial charge in [-0.1, -0.05) is 25.4 Å². The summed E-state index contributed by atoms with van der Waals surface area (Å²) in [5, 5.41) is 4.09. The molecule has 0 radical (unpaired) electrons. The number of nitrogens with zero attached hydrogens (tertiary/aromatic N) is 1. The summed E-state index contributed by atoms with van der Waals surface area (Å²) >= 11 is 5.76. The van der Waals surface area contributed by atoms with Crippen molar-refractivity contribution in [2.24, 2.45) is 11.8 Å². The van der Waals surface area contributed by atoms with E-state index in [1.807, 2.05) is 18.3 Å². The van der Waals surface area contributed by atoms with Crippen LogP contribution in [-0.4, -0.2) is 11.0 Å². The van der Waals surface area contributed by atoms with E-state index in [1.54, 1.807) is 0 Å². The van der Waals surface area contributed by atoms with E-state index in [0.717, 1.165) is 17.5 Å². The average Bonchev–Trinajstić information content (AvgIpc) is 2.27. The molecular formula is C13H19ClN2. The number of pyridine rings is 1. The standard InChI is InChI=1S/C13H19ClN2/c1-9-3-4-11(7-10(9)2)16-12-5-6-13(14)15-8-12/h5-6,8-11,16H,3-4,7H2,1-2H3. The van der Waals surface area contributed by atoms with Crippen LogP contribution in [0.4, 0.5) is 5.69 Å². The van der Waals surface area contributed by atoms with E-state index >= 15 is 0 Å². The van der Waals surface area contributed by atoms with Gasteiger partial charge in [0, 0.05) is 6.04 Å². The highest BCUT2D eigenvalue weighted by Crippen LogP contribution is 2.30. The smallest absolute Gasteiger partial charge is 0.129 e. The van der Waals surface area contributed by atoms with Crippen molar-refractivity contribution in [1.29, 1.82) is 0 Å². The second-order valence-corrected chi connectivity index (χ2v) is 5.37. The fourth-order valence-corrected chi connectivity index (χ4v) is 2.49. The Morgan fingerprint density at radius 1 is 1.25 bits per heavy atom. The first-order valence-corrected chi connectivity index (χ1v) is 6.41. The zero-order chi connectivity index (χ0) is 11.5. The maximum Gasteiger partial charge on any atom is 0.129 e. The van der Waals surface area contributed by atoms with Gasteiger partial charge in [0.2, 0.25) is 0 Å². The summed E-state index contributed by atoms with van der Waals surface area (Å²) < 4.78 is 0. The van der Waals surface area contributed by atoms with Crippen LogP contribution in [0.2, 0.25) is 5.15 Å². The lowest BCUT2D eigenvalue weighted by molar-refractivity contribution is 0.261. The number of aromatic nitrogens is 1. The van der Waals surface area contributed by atoms with Gasteiger partial charge in [-0.2, -0.15) is 0 Å². The molecule has 3 atom stereocenters. The number of nitrogens with one attached hydrogen (secondary N) is 1. The van der Waals surface area contributed by atoms with E-state index in [0.29, 0.717) is 11.2 Å². The van der Waals surface area contributed by atoms with Crippen molar-refractivity contribution in [2.75, 3.05) is 5.32 Å². The van der Waals surface area contributed by atoms with Crippen molar-refractivity contribution < 1.29 is 0 Å². The fraction of sp³-hybridized carbons (Fsp3) is 0.615. The van der Waals surface area contributed by atoms with Crippen molar-refractivity contribution in [2.45, 2.75) is 39.2 Å². The predicted octanol–water partition coefficient (Wildman–Crippen LogP) is 3.97. The second-order valence-electron chi connectivity index (χ2n) is 4.98. The highest BCUT2D eigenvalue weighted by molar-refractivity contribution is 6.29. The van der Waals surface area contributed by atoms with Crippen LogP contribution in [0.15, 0.2) is 18.3 Å². The molecular weight excluding hydrogens is 220 g/mol. The van der Waals surface area contributed by atoms with Crippen molar-refractivity contribution in [3.8, 4) is 0 Å². The van der Waals surface area contributed by atoms with Crippen molar-refractivity contribution in [1.82, 2.24) is 4.98 Å². The quantitative estimate of drug-likeness (QED) is 0.789. The Kier molecular flexibility index (Phi) is 3.70. The molecule has 1 fully saturated rings. The zero-order valence-corrected chi connectivity index (χ0v) is 10.7. The number of hydrogen-bond acceptors (Lipinski definition) is 2. The summed E-state index contributed by atoms with van der Waals surface area (Å²) in [5.74, 6) is 1.67. The average molecular weight is 239 g/mol. The molecule has 1 N–H and O–H groups in total. The Morgan fingerprint density at radius 2 is 2.06 bits per heavy atom. The summed E-state index contributed by atoms with van der Waals surface area (Å²) in [6.07, 6.45) is 5.64. The van der Waals surface area contributed by atoms with E-state index in [2.05, 4.69) is 24.1 Å². The molecule has 0 spiro atoms. The molecule has 16 heavy (non-hydrogen) atoms. The van der Waals surface area contributed by atoms with E-state index in [-0.39, 0.29) is 0 Å². The first-order chi connectivity index (χ1) is 7.65. The lowest BCUT2D eigenvalue weighted by atomic mass is 9.79. The van der Waals surface area contributed by atoms with Gasteiger partial charge in [0.25, 0.3) is 0 Å². The van der Waals surface area contributed by atoms with Gasteiger partial charge in [0.1, 0.15) is 5.15 Å². The van der Waals surface area contributed by atoms with Crippen LogP contribution in [0.1, 0.15) is 33.1 Å². The van der Waals surface area contributed by atoms with Crippen LogP contribution < -0.4 is 5.32 Å². The van der Waals surface area contributed by atoms with Crippen LogP contribution in [-0.2, 0) is 0 Å². The Morgan fingerprint density at radius 3 is 2.69 bits per heavy atom. The van der Waals surface area contributed by atoms with Gasteiger partial charge >= 0.3 is 0 Å². The molecule has 1 aliphatic carbocycles. The molecule has 0 amide bonds. The third-order valence-electron chi connectivity index (χ3n) is 3.70. The number of halogens is 1. The lowest BCUT2D eigenvalue weighted by Crippen LogP contribution is -2.30. The third-order valence-corrected chi connectivity index (χ3v) is 3.92. The largest absolute Gasteiger partial charge is 0.381 e. The highest BCUT2D eigenvalue weighted by atomic mass is 35.5. The molecule has 3 heteroatoms. The van der Waals surface area contributed by atoms with Gasteiger partial charge in [-0.3, -0.25) is 0 Å². The van der Waals surface area contributed by atoms with Crippen LogP contribution in [0, 0.1) is 11.8 Å². The normalized spacial score (nSPS) is 30.1. The summed E-state index contributed by atoms with van der Waals surface area (Å²) in [5.41, 5.74) is 1.08. The number of hydrogen-bond donors (Lipinski definition) is 1. The van der Waals surface area contributed by atoms with Gasteiger partial charge in [-0.15, -0.1) is 0 Å². The molecule has 1 aliphatic rings. The van der Waals surface area contributed by atoms with Crippen LogP contribution in [0.3, 0.4) is 0 Å². The van der Waals surface area contributed by atoms with Gasteiger partial charge in [-0.05, 0) is 43.2 Å². The van der Waals surface area contributed by atoms with Crippen molar-refractivity contribution >= 4 is 17.3 Å². The molecule has 88 valence electrons. The summed E-state index contributed by atoms with van der Waals surface area (Å²) in [6.45, 7) is 4.70. The summed E-state index contributed by atoms with van der Waals surface area (Å²) in [7, 11) is 0. The van der Waals surface area contributed by atoms with Crippen LogP contribution in [0.25, 0.3) is 0 Å². The second kappa shape index (κ2) is 5.05. The molecule has 2 nitrogen and oxygen atoms in total. The SMILES string of the molecule is CC1CCC(Nc2ccc(Cl)nc2)CC1C. The summed E-state index contributed by atoms with van der Waals surface area (Å²) in [4.78, 5) is 4.08. The molecule has 1 aromatic rings. The molecule has 0 bridgehead atoms. The van der Waals surface area contributed by atoms with E-state index in [9.17, 15) is 0 Å². The van der Waals surface area contributed by atoms with E-state index < -0.39 is 0 Å². The topological polar surface area (TPSA) is 24.9 Å².